The highest BCUT2D eigenvalue weighted by Gasteiger charge is 2.33. The van der Waals surface area contributed by atoms with Gasteiger partial charge in [0.1, 0.15) is 0 Å². The van der Waals surface area contributed by atoms with Gasteiger partial charge in [-0.25, -0.2) is 9.37 Å². The van der Waals surface area contributed by atoms with E-state index in [1.807, 2.05) is 24.3 Å². The number of anilines is 4. The molecule has 9 nitrogen and oxygen atoms in total. The van der Waals surface area contributed by atoms with Crippen molar-refractivity contribution >= 4 is 30.4 Å². The lowest BCUT2D eigenvalue weighted by atomic mass is 9.96. The topological polar surface area (TPSA) is 103 Å². The van der Waals surface area contributed by atoms with Crippen LogP contribution in [0.5, 0.6) is 0 Å². The van der Waals surface area contributed by atoms with Crippen LogP contribution in [0.25, 0.3) is 0 Å². The fourth-order valence-corrected chi connectivity index (χ4v) is 5.20. The quantitative estimate of drug-likeness (QED) is 0.543. The highest BCUT2D eigenvalue weighted by molar-refractivity contribution is 7.63. The van der Waals surface area contributed by atoms with E-state index in [0.717, 1.165) is 63.3 Å². The molecule has 1 aromatic heterocycles. The van der Waals surface area contributed by atoms with E-state index in [-0.39, 0.29) is 17.8 Å². The van der Waals surface area contributed by atoms with E-state index in [4.69, 9.17) is 5.73 Å². The molecule has 11 heteroatoms. The van der Waals surface area contributed by atoms with Crippen molar-refractivity contribution in [1.82, 2.24) is 19.8 Å². The molecule has 2 aromatic rings. The Morgan fingerprint density at radius 1 is 1.15 bits per heavy atom. The fraction of sp³-hybridized carbons (Fsp3) is 0.545. The molecule has 0 radical (unpaired) electrons. The maximum Gasteiger partial charge on any atom is 0.229 e. The van der Waals surface area contributed by atoms with Gasteiger partial charge in [-0.2, -0.15) is 4.98 Å². The first kappa shape index (κ1) is 23.9. The molecule has 0 saturated carbocycles. The average molecular weight is 477 g/mol. The van der Waals surface area contributed by atoms with Gasteiger partial charge in [-0.15, -0.1) is 0 Å². The van der Waals surface area contributed by atoms with Crippen molar-refractivity contribution in [1.29, 1.82) is 0 Å². The minimum absolute atomic E-state index is 0.0522. The highest BCUT2D eigenvalue weighted by Crippen LogP contribution is 2.37. The first-order valence-corrected chi connectivity index (χ1v) is 13.9. The van der Waals surface area contributed by atoms with Gasteiger partial charge in [0.15, 0.2) is 18.9 Å². The molecule has 180 valence electrons. The van der Waals surface area contributed by atoms with Crippen molar-refractivity contribution in [2.24, 2.45) is 5.73 Å². The molecule has 2 unspecified atom stereocenters. The summed E-state index contributed by atoms with van der Waals surface area (Å²) in [6.45, 7) is 8.98. The number of nitrogens with one attached hydrogen (secondary N) is 2. The summed E-state index contributed by atoms with van der Waals surface area (Å²) in [7, 11) is -0.550. The zero-order valence-electron chi connectivity index (χ0n) is 19.5. The van der Waals surface area contributed by atoms with Crippen LogP contribution in [0.3, 0.4) is 0 Å². The van der Waals surface area contributed by atoms with E-state index in [9.17, 15) is 8.96 Å². The maximum absolute atomic E-state index is 14.1. The Balaban J connectivity index is 1.47. The van der Waals surface area contributed by atoms with E-state index in [1.54, 1.807) is 0 Å². The van der Waals surface area contributed by atoms with Gasteiger partial charge >= 0.3 is 0 Å². The molecule has 0 amide bonds. The average Bonchev–Trinajstić information content (AvgIpc) is 2.76. The molecule has 2 aliphatic rings. The number of hydrogen-bond donors (Lipinski definition) is 3. The van der Waals surface area contributed by atoms with Crippen LogP contribution in [-0.2, 0) is 4.57 Å². The second-order valence-electron chi connectivity index (χ2n) is 9.30. The summed E-state index contributed by atoms with van der Waals surface area (Å²) in [5.41, 5.74) is 8.47. The van der Waals surface area contributed by atoms with Gasteiger partial charge in [-0.1, -0.05) is 12.1 Å². The number of rotatable bonds is 6. The standard InChI is InChI=1S/C22H34FN8OP/c1-29-10-12-30(13-11-29)19-8-9-31(15-17(19)24)20-7-5-4-6-18(20)26-22-25-14-16(23)21(27-22)28-33(2,3)32/h4-7,14,17,19H,8-13,15,24H2,1-3H3,(H2,25,26,27,28,32). The Kier molecular flexibility index (Phi) is 7.19. The molecule has 4 N–H and O–H groups in total. The number of halogens is 1. The second-order valence-corrected chi connectivity index (χ2v) is 12.2. The molecule has 4 rings (SSSR count). The van der Waals surface area contributed by atoms with Gasteiger partial charge in [0, 0.05) is 64.7 Å². The third-order valence-electron chi connectivity index (χ3n) is 6.24. The van der Waals surface area contributed by atoms with Crippen LogP contribution < -0.4 is 21.0 Å². The SMILES string of the molecule is CN1CCN(C2CCN(c3ccccc3Nc3ncc(F)c(NP(C)(C)=O)n3)CC2N)CC1. The molecule has 1 aromatic carbocycles. The molecule has 0 bridgehead atoms. The third kappa shape index (κ3) is 6.00. The van der Waals surface area contributed by atoms with Gasteiger partial charge in [-0.3, -0.25) is 4.90 Å². The summed E-state index contributed by atoms with van der Waals surface area (Å²) in [5, 5.41) is 5.85. The molecule has 2 atom stereocenters. The summed E-state index contributed by atoms with van der Waals surface area (Å²) in [4.78, 5) is 15.4. The zero-order valence-corrected chi connectivity index (χ0v) is 20.4. The van der Waals surface area contributed by atoms with E-state index < -0.39 is 13.1 Å². The summed E-state index contributed by atoms with van der Waals surface area (Å²) < 4.78 is 26.2. The minimum Gasteiger partial charge on any atom is -0.368 e. The zero-order chi connectivity index (χ0) is 23.6. The highest BCUT2D eigenvalue weighted by atomic mass is 31.2. The van der Waals surface area contributed by atoms with Crippen LogP contribution in [0.15, 0.2) is 30.5 Å². The number of likely N-dealkylation sites (N-methyl/N-ethyl adjacent to an activating group) is 1. The molecule has 2 saturated heterocycles. The number of hydrogen-bond acceptors (Lipinski definition) is 8. The van der Waals surface area contributed by atoms with Crippen LogP contribution in [0.1, 0.15) is 6.42 Å². The second kappa shape index (κ2) is 9.93. The molecule has 3 heterocycles. The van der Waals surface area contributed by atoms with E-state index in [2.05, 4.69) is 42.1 Å². The number of aromatic nitrogens is 2. The van der Waals surface area contributed by atoms with Gasteiger partial charge in [0.2, 0.25) is 5.95 Å². The number of para-hydroxylation sites is 2. The largest absolute Gasteiger partial charge is 0.368 e. The van der Waals surface area contributed by atoms with Crippen molar-refractivity contribution in [3.05, 3.63) is 36.3 Å². The molecular weight excluding hydrogens is 442 g/mol. The van der Waals surface area contributed by atoms with Crippen molar-refractivity contribution in [3.8, 4) is 0 Å². The lowest BCUT2D eigenvalue weighted by Crippen LogP contribution is -2.61. The number of piperidine rings is 1. The predicted molar refractivity (Wildman–Crippen MR) is 132 cm³/mol. The molecule has 2 fully saturated rings. The number of nitrogens with two attached hydrogens (primary N) is 1. The number of nitrogens with zero attached hydrogens (tertiary/aromatic N) is 5. The third-order valence-corrected chi connectivity index (χ3v) is 6.99. The van der Waals surface area contributed by atoms with Crippen molar-refractivity contribution in [3.63, 3.8) is 0 Å². The molecule has 33 heavy (non-hydrogen) atoms. The lowest BCUT2D eigenvalue weighted by molar-refractivity contribution is 0.0885. The first-order valence-electron chi connectivity index (χ1n) is 11.3. The maximum atomic E-state index is 14.1. The van der Waals surface area contributed by atoms with Crippen LogP contribution in [0.2, 0.25) is 0 Å². The van der Waals surface area contributed by atoms with Gasteiger partial charge in [-0.05, 0) is 25.6 Å². The molecule has 2 aliphatic heterocycles. The molecular formula is C22H34FN8OP. The first-order chi connectivity index (χ1) is 15.7. The van der Waals surface area contributed by atoms with E-state index in [0.29, 0.717) is 6.04 Å². The van der Waals surface area contributed by atoms with E-state index >= 15 is 0 Å². The van der Waals surface area contributed by atoms with Crippen molar-refractivity contribution in [2.45, 2.75) is 18.5 Å². The van der Waals surface area contributed by atoms with Crippen LogP contribution in [0.4, 0.5) is 27.5 Å². The normalized spacial score (nSPS) is 22.9. The minimum atomic E-state index is -2.71. The van der Waals surface area contributed by atoms with Crippen LogP contribution in [0, 0.1) is 5.82 Å². The van der Waals surface area contributed by atoms with Crippen molar-refractivity contribution < 1.29 is 8.96 Å². The summed E-state index contributed by atoms with van der Waals surface area (Å²) in [6, 6.07) is 8.34. The van der Waals surface area contributed by atoms with E-state index in [1.165, 1.54) is 13.3 Å². The smallest absolute Gasteiger partial charge is 0.229 e. The Bertz CT molecular complexity index is 1010. The Hall–Kier alpha value is -2.26. The Morgan fingerprint density at radius 2 is 1.88 bits per heavy atom. The number of piperazine rings is 1. The Morgan fingerprint density at radius 3 is 2.58 bits per heavy atom. The van der Waals surface area contributed by atoms with Gasteiger partial charge in [0.05, 0.1) is 17.6 Å². The van der Waals surface area contributed by atoms with Crippen LogP contribution in [-0.4, -0.2) is 91.5 Å². The van der Waals surface area contributed by atoms with Crippen molar-refractivity contribution in [2.75, 3.05) is 74.9 Å². The van der Waals surface area contributed by atoms with Gasteiger partial charge in [0.25, 0.3) is 0 Å². The lowest BCUT2D eigenvalue weighted by Gasteiger charge is -2.46. The predicted octanol–water partition coefficient (Wildman–Crippen LogP) is 2.46. The molecule has 0 spiro atoms. The van der Waals surface area contributed by atoms with Crippen LogP contribution >= 0.6 is 7.29 Å². The fourth-order valence-electron chi connectivity index (χ4n) is 4.53. The summed E-state index contributed by atoms with van der Waals surface area (Å²) in [5.74, 6) is -0.487. The molecule has 0 aliphatic carbocycles. The van der Waals surface area contributed by atoms with Gasteiger partial charge < -0.3 is 30.5 Å². The Labute approximate surface area is 195 Å². The monoisotopic (exact) mass is 476 g/mol. The summed E-state index contributed by atoms with van der Waals surface area (Å²) in [6.07, 6.45) is 2.08. The summed E-state index contributed by atoms with van der Waals surface area (Å²) >= 11 is 0. The number of benzene rings is 1.